The van der Waals surface area contributed by atoms with Gasteiger partial charge in [-0.1, -0.05) is 51.9 Å². The second-order valence-corrected chi connectivity index (χ2v) is 7.95. The third-order valence-electron chi connectivity index (χ3n) is 4.34. The van der Waals surface area contributed by atoms with Gasteiger partial charge in [0.25, 0.3) is 0 Å². The first-order valence-corrected chi connectivity index (χ1v) is 10.0. The van der Waals surface area contributed by atoms with Gasteiger partial charge in [0.15, 0.2) is 0 Å². The van der Waals surface area contributed by atoms with Crippen molar-refractivity contribution >= 4 is 22.1 Å². The zero-order chi connectivity index (χ0) is 17.3. The van der Waals surface area contributed by atoms with Gasteiger partial charge in [-0.25, -0.2) is 8.42 Å². The molecule has 2 atom stereocenters. The summed E-state index contributed by atoms with van der Waals surface area (Å²) in [6.45, 7) is 2.15. The predicted molar refractivity (Wildman–Crippen MR) is 84.5 cm³/mol. The van der Waals surface area contributed by atoms with Crippen molar-refractivity contribution < 1.29 is 46.2 Å². The quantitative estimate of drug-likeness (QED) is 0.160. The Morgan fingerprint density at radius 2 is 1.67 bits per heavy atom. The Morgan fingerprint density at radius 3 is 2.17 bits per heavy atom. The first-order valence-electron chi connectivity index (χ1n) is 8.53. The van der Waals surface area contributed by atoms with Crippen LogP contribution < -0.4 is 18.9 Å². The van der Waals surface area contributed by atoms with Crippen LogP contribution in [0.3, 0.4) is 0 Å². The summed E-state index contributed by atoms with van der Waals surface area (Å²) in [4.78, 5) is 22.4. The van der Waals surface area contributed by atoms with Crippen molar-refractivity contribution in [2.24, 2.45) is 5.92 Å². The van der Waals surface area contributed by atoms with E-state index in [0.717, 1.165) is 19.3 Å². The molecule has 1 aliphatic rings. The maximum atomic E-state index is 11.4. The SMILES string of the molecule is CCCCCCCCCC(CCC1CC(=O)OC1=O)S(=O)(=O)[O-].[Li+]. The van der Waals surface area contributed by atoms with Crippen molar-refractivity contribution in [1.29, 1.82) is 0 Å². The molecular formula is C16H27LiO6S. The average molecular weight is 354 g/mol. The molecular weight excluding hydrogens is 327 g/mol. The Hall–Kier alpha value is -0.353. The maximum absolute atomic E-state index is 11.4. The Labute approximate surface area is 157 Å². The van der Waals surface area contributed by atoms with Gasteiger partial charge in [0, 0.05) is 5.25 Å². The molecule has 0 bridgehead atoms. The summed E-state index contributed by atoms with van der Waals surface area (Å²) < 4.78 is 38.5. The third-order valence-corrected chi connectivity index (χ3v) is 5.62. The second-order valence-electron chi connectivity index (χ2n) is 6.30. The number of unbranched alkanes of at least 4 members (excludes halogenated alkanes) is 6. The van der Waals surface area contributed by atoms with E-state index < -0.39 is 33.2 Å². The number of ether oxygens (including phenoxy) is 1. The van der Waals surface area contributed by atoms with Crippen LogP contribution in [-0.2, 0) is 24.4 Å². The summed E-state index contributed by atoms with van der Waals surface area (Å²) in [7, 11) is -4.38. The van der Waals surface area contributed by atoms with Crippen LogP contribution in [0, 0.1) is 5.92 Å². The summed E-state index contributed by atoms with van der Waals surface area (Å²) in [6, 6.07) is 0. The fourth-order valence-electron chi connectivity index (χ4n) is 2.89. The van der Waals surface area contributed by atoms with Crippen molar-refractivity contribution in [1.82, 2.24) is 0 Å². The van der Waals surface area contributed by atoms with E-state index in [-0.39, 0.29) is 38.1 Å². The molecule has 134 valence electrons. The second kappa shape index (κ2) is 12.1. The van der Waals surface area contributed by atoms with E-state index in [1.165, 1.54) is 19.3 Å². The molecule has 8 heteroatoms. The van der Waals surface area contributed by atoms with Gasteiger partial charge in [0.1, 0.15) is 0 Å². The van der Waals surface area contributed by atoms with E-state index in [1.54, 1.807) is 0 Å². The number of carbonyl (C=O) groups is 2. The maximum Gasteiger partial charge on any atom is 1.00 e. The van der Waals surface area contributed by atoms with Crippen molar-refractivity contribution in [3.05, 3.63) is 0 Å². The molecule has 0 radical (unpaired) electrons. The van der Waals surface area contributed by atoms with Crippen molar-refractivity contribution in [3.8, 4) is 0 Å². The van der Waals surface area contributed by atoms with Crippen LogP contribution in [-0.4, -0.2) is 30.2 Å². The van der Waals surface area contributed by atoms with Crippen molar-refractivity contribution in [2.45, 2.75) is 82.8 Å². The first kappa shape index (κ1) is 23.6. The molecule has 1 fully saturated rings. The van der Waals surface area contributed by atoms with E-state index in [9.17, 15) is 22.6 Å². The van der Waals surface area contributed by atoms with Gasteiger partial charge < -0.3 is 9.29 Å². The van der Waals surface area contributed by atoms with Crippen LogP contribution in [0.2, 0.25) is 0 Å². The molecule has 0 aromatic carbocycles. The van der Waals surface area contributed by atoms with Gasteiger partial charge in [-0.05, 0) is 19.3 Å². The predicted octanol–water partition coefficient (Wildman–Crippen LogP) is -0.0852. The number of carbonyl (C=O) groups excluding carboxylic acids is 2. The summed E-state index contributed by atoms with van der Waals surface area (Å²) in [6.07, 6.45) is 8.05. The van der Waals surface area contributed by atoms with Crippen molar-refractivity contribution in [3.63, 3.8) is 0 Å². The fraction of sp³-hybridized carbons (Fsp3) is 0.875. The van der Waals surface area contributed by atoms with Crippen molar-refractivity contribution in [2.75, 3.05) is 0 Å². The Kier molecular flexibility index (Phi) is 11.9. The van der Waals surface area contributed by atoms with E-state index in [4.69, 9.17) is 0 Å². The van der Waals surface area contributed by atoms with Gasteiger partial charge in [0.05, 0.1) is 22.5 Å². The number of rotatable bonds is 12. The van der Waals surface area contributed by atoms with Crippen LogP contribution in [0.1, 0.15) is 77.6 Å². The summed E-state index contributed by atoms with van der Waals surface area (Å²) in [5.74, 6) is -1.78. The number of esters is 2. The average Bonchev–Trinajstić information content (AvgIpc) is 2.77. The first-order chi connectivity index (χ1) is 10.8. The minimum atomic E-state index is -4.38. The van der Waals surface area contributed by atoms with Crippen LogP contribution >= 0.6 is 0 Å². The minimum Gasteiger partial charge on any atom is -0.748 e. The summed E-state index contributed by atoms with van der Waals surface area (Å²) in [5.41, 5.74) is 0. The molecule has 0 spiro atoms. The van der Waals surface area contributed by atoms with E-state index in [2.05, 4.69) is 11.7 Å². The molecule has 24 heavy (non-hydrogen) atoms. The monoisotopic (exact) mass is 354 g/mol. The molecule has 1 heterocycles. The standard InChI is InChI=1S/C16H28O6S.Li/c1-2-3-4-5-6-7-8-9-14(23(19,20)21)11-10-13-12-15(17)22-16(13)18;/h13-14H,2-12H2,1H3,(H,19,20,21);/q;+1/p-1. The molecule has 0 saturated carbocycles. The zero-order valence-corrected chi connectivity index (χ0v) is 15.6. The van der Waals surface area contributed by atoms with E-state index in [1.807, 2.05) is 0 Å². The normalized spacial score (nSPS) is 19.0. The van der Waals surface area contributed by atoms with Gasteiger partial charge in [-0.3, -0.25) is 9.59 Å². The minimum absolute atomic E-state index is 0. The number of hydrogen-bond acceptors (Lipinski definition) is 6. The van der Waals surface area contributed by atoms with E-state index in [0.29, 0.717) is 12.8 Å². The zero-order valence-electron chi connectivity index (χ0n) is 14.8. The van der Waals surface area contributed by atoms with Crippen LogP contribution in [0.4, 0.5) is 0 Å². The molecule has 1 saturated heterocycles. The molecule has 0 aromatic rings. The molecule has 0 N–H and O–H groups in total. The summed E-state index contributed by atoms with van der Waals surface area (Å²) in [5, 5.41) is -0.971. The van der Waals surface area contributed by atoms with Gasteiger partial charge >= 0.3 is 30.8 Å². The van der Waals surface area contributed by atoms with E-state index >= 15 is 0 Å². The van der Waals surface area contributed by atoms with Gasteiger partial charge in [0.2, 0.25) is 0 Å². The molecule has 0 aliphatic carbocycles. The molecule has 0 aromatic heterocycles. The van der Waals surface area contributed by atoms with Crippen LogP contribution in [0.25, 0.3) is 0 Å². The molecule has 1 rings (SSSR count). The Balaban J connectivity index is 0.00000529. The smallest absolute Gasteiger partial charge is 0.748 e. The van der Waals surface area contributed by atoms with Crippen LogP contribution in [0.5, 0.6) is 0 Å². The fourth-order valence-corrected chi connectivity index (χ4v) is 3.77. The van der Waals surface area contributed by atoms with Gasteiger partial charge in [-0.15, -0.1) is 0 Å². The third kappa shape index (κ3) is 9.21. The topological polar surface area (TPSA) is 101 Å². The molecule has 0 amide bonds. The van der Waals surface area contributed by atoms with Gasteiger partial charge in [-0.2, -0.15) is 0 Å². The summed E-state index contributed by atoms with van der Waals surface area (Å²) >= 11 is 0. The molecule has 2 unspecified atom stereocenters. The number of hydrogen-bond donors (Lipinski definition) is 0. The Bertz CT molecular complexity index is 491. The Morgan fingerprint density at radius 1 is 1.08 bits per heavy atom. The largest absolute Gasteiger partial charge is 1.00 e. The molecule has 6 nitrogen and oxygen atoms in total. The van der Waals surface area contributed by atoms with Crippen LogP contribution in [0.15, 0.2) is 0 Å². The molecule has 1 aliphatic heterocycles. The number of cyclic esters (lactones) is 2.